The molecular weight excluding hydrogens is 274 g/mol. The van der Waals surface area contributed by atoms with Crippen LogP contribution < -0.4 is 0 Å². The maximum Gasteiger partial charge on any atom is 0.389 e. The Balaban J connectivity index is 3.76. The Kier molecular flexibility index (Phi) is 5.92. The fraction of sp³-hybridized carbons (Fsp3) is 0.750. The van der Waals surface area contributed by atoms with E-state index in [2.05, 4.69) is 9.78 Å². The molecule has 0 rings (SSSR count). The van der Waals surface area contributed by atoms with Crippen molar-refractivity contribution in [1.29, 1.82) is 0 Å². The van der Waals surface area contributed by atoms with Gasteiger partial charge in [0, 0.05) is 0 Å². The summed E-state index contributed by atoms with van der Waals surface area (Å²) in [7, 11) is 0. The van der Waals surface area contributed by atoms with E-state index in [4.69, 9.17) is 0 Å². The van der Waals surface area contributed by atoms with Gasteiger partial charge in [-0.1, -0.05) is 0 Å². The second-order valence-corrected chi connectivity index (χ2v) is 3.14. The first-order chi connectivity index (χ1) is 7.99. The molecule has 0 unspecified atom stereocenters. The van der Waals surface area contributed by atoms with Crippen LogP contribution in [0, 0.1) is 0 Å². The first-order valence-electron chi connectivity index (χ1n) is 4.53. The first-order valence-corrected chi connectivity index (χ1v) is 4.53. The standard InChI is InChI=1S/C8H8F6O4/c9-7(10,11)3-1-5(15)17-18-6(16)2-4-8(12,13)14/h1-4H2. The molecule has 0 saturated carbocycles. The number of carbonyl (C=O) groups is 2. The van der Waals surface area contributed by atoms with Crippen LogP contribution in [-0.2, 0) is 19.4 Å². The third-order valence-electron chi connectivity index (χ3n) is 1.45. The quantitative estimate of drug-likeness (QED) is 0.452. The molecule has 0 aromatic carbocycles. The van der Waals surface area contributed by atoms with Crippen LogP contribution >= 0.6 is 0 Å². The number of alkyl halides is 6. The van der Waals surface area contributed by atoms with Crippen molar-refractivity contribution in [2.24, 2.45) is 0 Å². The summed E-state index contributed by atoms with van der Waals surface area (Å²) in [4.78, 5) is 28.4. The monoisotopic (exact) mass is 282 g/mol. The first kappa shape index (κ1) is 16.5. The van der Waals surface area contributed by atoms with Crippen LogP contribution in [0.2, 0.25) is 0 Å². The summed E-state index contributed by atoms with van der Waals surface area (Å²) in [5.41, 5.74) is 0. The van der Waals surface area contributed by atoms with E-state index in [1.54, 1.807) is 0 Å². The fourth-order valence-corrected chi connectivity index (χ4v) is 0.664. The van der Waals surface area contributed by atoms with Gasteiger partial charge in [-0.05, 0) is 0 Å². The summed E-state index contributed by atoms with van der Waals surface area (Å²) in [6.07, 6.45) is -14.3. The number of carbonyl (C=O) groups excluding carboxylic acids is 2. The molecule has 0 aromatic heterocycles. The van der Waals surface area contributed by atoms with Crippen LogP contribution in [0.1, 0.15) is 25.7 Å². The van der Waals surface area contributed by atoms with Crippen molar-refractivity contribution in [2.75, 3.05) is 0 Å². The van der Waals surface area contributed by atoms with Crippen LogP contribution in [0.15, 0.2) is 0 Å². The smallest absolute Gasteiger partial charge is 0.247 e. The lowest BCUT2D eigenvalue weighted by molar-refractivity contribution is -0.262. The maximum atomic E-state index is 11.6. The van der Waals surface area contributed by atoms with Gasteiger partial charge in [0.15, 0.2) is 0 Å². The lowest BCUT2D eigenvalue weighted by Gasteiger charge is -2.06. The highest BCUT2D eigenvalue weighted by Crippen LogP contribution is 2.22. The van der Waals surface area contributed by atoms with Gasteiger partial charge in [0.05, 0.1) is 25.7 Å². The van der Waals surface area contributed by atoms with E-state index >= 15 is 0 Å². The highest BCUT2D eigenvalue weighted by atomic mass is 19.4. The molecule has 0 aliphatic carbocycles. The topological polar surface area (TPSA) is 52.6 Å². The molecule has 0 N–H and O–H groups in total. The van der Waals surface area contributed by atoms with Gasteiger partial charge in [-0.15, -0.1) is 0 Å². The highest BCUT2D eigenvalue weighted by molar-refractivity contribution is 5.72. The third-order valence-corrected chi connectivity index (χ3v) is 1.45. The Hall–Kier alpha value is -1.48. The van der Waals surface area contributed by atoms with Crippen molar-refractivity contribution >= 4 is 11.9 Å². The summed E-state index contributed by atoms with van der Waals surface area (Å²) < 4.78 is 69.8. The van der Waals surface area contributed by atoms with Crippen molar-refractivity contribution in [1.82, 2.24) is 0 Å². The van der Waals surface area contributed by atoms with Gasteiger partial charge in [-0.3, -0.25) is 0 Å². The average molecular weight is 282 g/mol. The Morgan fingerprint density at radius 2 is 1.00 bits per heavy atom. The molecule has 0 amide bonds. The van der Waals surface area contributed by atoms with Gasteiger partial charge in [-0.2, -0.15) is 26.3 Å². The van der Waals surface area contributed by atoms with E-state index in [1.165, 1.54) is 0 Å². The number of hydrogen-bond donors (Lipinski definition) is 0. The Bertz CT molecular complexity index is 265. The molecule has 0 fully saturated rings. The summed E-state index contributed by atoms with van der Waals surface area (Å²) in [5.74, 6) is -2.99. The van der Waals surface area contributed by atoms with Crippen LogP contribution in [0.25, 0.3) is 0 Å². The Labute approximate surface area is 96.8 Å². The van der Waals surface area contributed by atoms with Crippen molar-refractivity contribution in [2.45, 2.75) is 38.0 Å². The van der Waals surface area contributed by atoms with Crippen molar-refractivity contribution < 1.29 is 45.7 Å². The van der Waals surface area contributed by atoms with E-state index in [9.17, 15) is 35.9 Å². The molecule has 0 bridgehead atoms. The molecule has 18 heavy (non-hydrogen) atoms. The van der Waals surface area contributed by atoms with Gasteiger partial charge >= 0.3 is 24.3 Å². The van der Waals surface area contributed by atoms with Crippen LogP contribution in [0.3, 0.4) is 0 Å². The summed E-state index contributed by atoms with van der Waals surface area (Å²) in [6.45, 7) is 0. The van der Waals surface area contributed by atoms with Crippen LogP contribution in [-0.4, -0.2) is 24.3 Å². The van der Waals surface area contributed by atoms with Gasteiger partial charge in [-0.25, -0.2) is 19.4 Å². The number of halogens is 6. The normalized spacial score (nSPS) is 12.1. The number of hydrogen-bond acceptors (Lipinski definition) is 4. The van der Waals surface area contributed by atoms with Gasteiger partial charge in [0.2, 0.25) is 0 Å². The van der Waals surface area contributed by atoms with Gasteiger partial charge < -0.3 is 0 Å². The highest BCUT2D eigenvalue weighted by Gasteiger charge is 2.30. The zero-order valence-electron chi connectivity index (χ0n) is 8.73. The molecule has 0 aromatic rings. The summed E-state index contributed by atoms with van der Waals surface area (Å²) in [6, 6.07) is 0. The summed E-state index contributed by atoms with van der Waals surface area (Å²) in [5, 5.41) is 0. The lowest BCUT2D eigenvalue weighted by Crippen LogP contribution is -2.17. The zero-order chi connectivity index (χ0) is 14.4. The minimum atomic E-state index is -4.58. The second kappa shape index (κ2) is 6.45. The second-order valence-electron chi connectivity index (χ2n) is 3.14. The van der Waals surface area contributed by atoms with Crippen molar-refractivity contribution in [3.05, 3.63) is 0 Å². The predicted octanol–water partition coefficient (Wildman–Crippen LogP) is 2.67. The minimum absolute atomic E-state index is 1.09. The molecule has 106 valence electrons. The lowest BCUT2D eigenvalue weighted by atomic mass is 10.3. The fourth-order valence-electron chi connectivity index (χ4n) is 0.664. The van der Waals surface area contributed by atoms with Gasteiger partial charge in [0.1, 0.15) is 0 Å². The average Bonchev–Trinajstić information content (AvgIpc) is 2.18. The maximum absolute atomic E-state index is 11.6. The van der Waals surface area contributed by atoms with Crippen molar-refractivity contribution in [3.8, 4) is 0 Å². The van der Waals surface area contributed by atoms with E-state index in [0.717, 1.165) is 0 Å². The molecule has 0 aliphatic rings. The summed E-state index contributed by atoms with van der Waals surface area (Å²) >= 11 is 0. The molecule has 0 radical (unpaired) electrons. The van der Waals surface area contributed by atoms with E-state index in [-0.39, 0.29) is 0 Å². The SMILES string of the molecule is O=C(CCC(F)(F)F)OOC(=O)CCC(F)(F)F. The van der Waals surface area contributed by atoms with Gasteiger partial charge in [0.25, 0.3) is 0 Å². The largest absolute Gasteiger partial charge is 0.389 e. The van der Waals surface area contributed by atoms with Crippen LogP contribution in [0.4, 0.5) is 26.3 Å². The molecule has 10 heteroatoms. The number of rotatable bonds is 4. The molecule has 0 heterocycles. The third kappa shape index (κ3) is 11.0. The minimum Gasteiger partial charge on any atom is -0.247 e. The molecule has 4 nitrogen and oxygen atoms in total. The molecule has 0 atom stereocenters. The Morgan fingerprint density at radius 3 is 1.22 bits per heavy atom. The zero-order valence-corrected chi connectivity index (χ0v) is 8.73. The van der Waals surface area contributed by atoms with Crippen LogP contribution in [0.5, 0.6) is 0 Å². The van der Waals surface area contributed by atoms with E-state index < -0.39 is 50.0 Å². The van der Waals surface area contributed by atoms with E-state index in [1.807, 2.05) is 0 Å². The predicted molar refractivity (Wildman–Crippen MR) is 42.8 cm³/mol. The van der Waals surface area contributed by atoms with E-state index in [0.29, 0.717) is 0 Å². The molecule has 0 spiro atoms. The molecular formula is C8H8F6O4. The molecule has 0 saturated heterocycles. The Morgan fingerprint density at radius 1 is 0.722 bits per heavy atom. The van der Waals surface area contributed by atoms with Crippen molar-refractivity contribution in [3.63, 3.8) is 0 Å². The molecule has 0 aliphatic heterocycles.